The Morgan fingerprint density at radius 2 is 2.05 bits per heavy atom. The second-order valence-corrected chi connectivity index (χ2v) is 5.32. The molecular formula is C14H19N5O2. The molecule has 112 valence electrons. The summed E-state index contributed by atoms with van der Waals surface area (Å²) in [6.07, 6.45) is 5.52. The number of hydrogen-bond donors (Lipinski definition) is 0. The summed E-state index contributed by atoms with van der Waals surface area (Å²) in [5, 5.41) is 3.93. The largest absolute Gasteiger partial charge is 0.473 e. The summed E-state index contributed by atoms with van der Waals surface area (Å²) in [5.41, 5.74) is 0.873. The average molecular weight is 289 g/mol. The number of hydrogen-bond acceptors (Lipinski definition) is 7. The van der Waals surface area contributed by atoms with E-state index in [9.17, 15) is 0 Å². The number of rotatable bonds is 4. The fourth-order valence-electron chi connectivity index (χ4n) is 2.46. The van der Waals surface area contributed by atoms with Crippen LogP contribution in [0.2, 0.25) is 0 Å². The highest BCUT2D eigenvalue weighted by molar-refractivity contribution is 5.07. The molecule has 21 heavy (non-hydrogen) atoms. The molecule has 0 aliphatic carbocycles. The van der Waals surface area contributed by atoms with E-state index < -0.39 is 0 Å². The summed E-state index contributed by atoms with van der Waals surface area (Å²) < 4.78 is 10.9. The molecule has 0 atom stereocenters. The van der Waals surface area contributed by atoms with Crippen molar-refractivity contribution in [1.82, 2.24) is 25.0 Å². The van der Waals surface area contributed by atoms with Crippen molar-refractivity contribution in [1.29, 1.82) is 0 Å². The lowest BCUT2D eigenvalue weighted by Crippen LogP contribution is -2.38. The van der Waals surface area contributed by atoms with Crippen LogP contribution < -0.4 is 4.74 Å². The second kappa shape index (κ2) is 6.17. The number of piperidine rings is 1. The van der Waals surface area contributed by atoms with Gasteiger partial charge >= 0.3 is 0 Å². The van der Waals surface area contributed by atoms with E-state index in [1.54, 1.807) is 19.3 Å². The van der Waals surface area contributed by atoms with Gasteiger partial charge < -0.3 is 9.26 Å². The third-order valence-electron chi connectivity index (χ3n) is 3.49. The van der Waals surface area contributed by atoms with Crippen molar-refractivity contribution in [3.63, 3.8) is 0 Å². The van der Waals surface area contributed by atoms with Crippen molar-refractivity contribution in [2.24, 2.45) is 0 Å². The van der Waals surface area contributed by atoms with E-state index in [4.69, 9.17) is 9.26 Å². The van der Waals surface area contributed by atoms with E-state index in [0.717, 1.165) is 44.0 Å². The lowest BCUT2D eigenvalue weighted by molar-refractivity contribution is 0.0910. The maximum atomic E-state index is 5.89. The maximum Gasteiger partial charge on any atom is 0.232 e. The summed E-state index contributed by atoms with van der Waals surface area (Å²) in [4.78, 5) is 15.0. The molecule has 0 unspecified atom stereocenters. The number of likely N-dealkylation sites (tertiary alicyclic amines) is 1. The molecule has 3 heterocycles. The van der Waals surface area contributed by atoms with Gasteiger partial charge in [0.05, 0.1) is 18.4 Å². The highest BCUT2D eigenvalue weighted by Crippen LogP contribution is 2.18. The Labute approximate surface area is 123 Å². The van der Waals surface area contributed by atoms with Gasteiger partial charge in [-0.25, -0.2) is 4.98 Å². The average Bonchev–Trinajstić information content (AvgIpc) is 2.86. The topological polar surface area (TPSA) is 77.2 Å². The molecule has 7 heteroatoms. The molecule has 1 aliphatic rings. The third kappa shape index (κ3) is 3.75. The Balaban J connectivity index is 1.48. The van der Waals surface area contributed by atoms with E-state index in [1.165, 1.54) is 0 Å². The first-order valence-corrected chi connectivity index (χ1v) is 7.16. The summed E-state index contributed by atoms with van der Waals surface area (Å²) in [6.45, 7) is 6.36. The molecule has 2 aromatic heterocycles. The molecule has 0 amide bonds. The fourth-order valence-corrected chi connectivity index (χ4v) is 2.46. The van der Waals surface area contributed by atoms with Crippen molar-refractivity contribution >= 4 is 0 Å². The zero-order chi connectivity index (χ0) is 14.7. The van der Waals surface area contributed by atoms with Gasteiger partial charge in [0.25, 0.3) is 0 Å². The molecule has 2 aromatic rings. The van der Waals surface area contributed by atoms with Gasteiger partial charge in [0.1, 0.15) is 6.10 Å². The zero-order valence-electron chi connectivity index (χ0n) is 12.3. The fraction of sp³-hybridized carbons (Fsp3) is 0.571. The van der Waals surface area contributed by atoms with Gasteiger partial charge in [-0.3, -0.25) is 9.88 Å². The third-order valence-corrected chi connectivity index (χ3v) is 3.49. The number of ether oxygens (including phenoxy) is 1. The van der Waals surface area contributed by atoms with Gasteiger partial charge in [-0.05, 0) is 19.8 Å². The van der Waals surface area contributed by atoms with Crippen LogP contribution >= 0.6 is 0 Å². The van der Waals surface area contributed by atoms with Crippen LogP contribution in [0.15, 0.2) is 16.9 Å². The lowest BCUT2D eigenvalue weighted by Gasteiger charge is -2.30. The number of aryl methyl sites for hydroxylation is 2. The minimum atomic E-state index is 0.198. The normalized spacial score (nSPS) is 17.0. The Hall–Kier alpha value is -2.02. The summed E-state index contributed by atoms with van der Waals surface area (Å²) in [6, 6.07) is 0. The summed E-state index contributed by atoms with van der Waals surface area (Å²) in [5.74, 6) is 1.97. The summed E-state index contributed by atoms with van der Waals surface area (Å²) in [7, 11) is 0. The van der Waals surface area contributed by atoms with Crippen LogP contribution in [0.5, 0.6) is 5.88 Å². The summed E-state index contributed by atoms with van der Waals surface area (Å²) >= 11 is 0. The van der Waals surface area contributed by atoms with E-state index >= 15 is 0 Å². The molecule has 1 aliphatic heterocycles. The second-order valence-electron chi connectivity index (χ2n) is 5.32. The zero-order valence-corrected chi connectivity index (χ0v) is 12.3. The van der Waals surface area contributed by atoms with Gasteiger partial charge in [-0.15, -0.1) is 0 Å². The molecular weight excluding hydrogens is 270 g/mol. The van der Waals surface area contributed by atoms with Crippen LogP contribution in [0.25, 0.3) is 0 Å². The Morgan fingerprint density at radius 3 is 2.71 bits per heavy atom. The van der Waals surface area contributed by atoms with E-state index in [1.807, 2.05) is 6.92 Å². The van der Waals surface area contributed by atoms with Crippen LogP contribution in [0.1, 0.15) is 30.3 Å². The van der Waals surface area contributed by atoms with E-state index in [0.29, 0.717) is 11.8 Å². The van der Waals surface area contributed by atoms with Crippen LogP contribution in [-0.4, -0.2) is 44.2 Å². The molecule has 0 N–H and O–H groups in total. The highest BCUT2D eigenvalue weighted by atomic mass is 16.5. The molecule has 0 bridgehead atoms. The molecule has 0 aromatic carbocycles. The van der Waals surface area contributed by atoms with Crippen molar-refractivity contribution in [2.75, 3.05) is 13.1 Å². The van der Waals surface area contributed by atoms with E-state index in [2.05, 4.69) is 25.0 Å². The smallest absolute Gasteiger partial charge is 0.232 e. The van der Waals surface area contributed by atoms with Crippen LogP contribution in [0.3, 0.4) is 0 Å². The first-order valence-electron chi connectivity index (χ1n) is 7.16. The van der Waals surface area contributed by atoms with Crippen LogP contribution in [-0.2, 0) is 6.54 Å². The first-order chi connectivity index (χ1) is 10.2. The predicted octanol–water partition coefficient (Wildman–Crippen LogP) is 1.52. The van der Waals surface area contributed by atoms with Gasteiger partial charge in [0, 0.05) is 26.2 Å². The number of nitrogens with zero attached hydrogens (tertiary/aromatic N) is 5. The molecule has 1 saturated heterocycles. The van der Waals surface area contributed by atoms with Crippen molar-refractivity contribution in [3.8, 4) is 5.88 Å². The molecule has 0 spiro atoms. The van der Waals surface area contributed by atoms with Crippen molar-refractivity contribution in [2.45, 2.75) is 39.3 Å². The predicted molar refractivity (Wildman–Crippen MR) is 74.7 cm³/mol. The van der Waals surface area contributed by atoms with Gasteiger partial charge in [-0.2, -0.15) is 4.98 Å². The number of aromatic nitrogens is 4. The highest BCUT2D eigenvalue weighted by Gasteiger charge is 2.22. The Morgan fingerprint density at radius 1 is 1.24 bits per heavy atom. The first kappa shape index (κ1) is 13.9. The molecule has 0 radical (unpaired) electrons. The van der Waals surface area contributed by atoms with Crippen LogP contribution in [0.4, 0.5) is 0 Å². The lowest BCUT2D eigenvalue weighted by atomic mass is 10.1. The van der Waals surface area contributed by atoms with Crippen molar-refractivity contribution < 1.29 is 9.26 Å². The SMILES string of the molecule is Cc1cncc(OC2CCN(Cc3noc(C)n3)CC2)n1. The van der Waals surface area contributed by atoms with Gasteiger partial charge in [0.2, 0.25) is 11.8 Å². The van der Waals surface area contributed by atoms with E-state index in [-0.39, 0.29) is 6.10 Å². The Kier molecular flexibility index (Phi) is 4.10. The molecule has 3 rings (SSSR count). The van der Waals surface area contributed by atoms with Gasteiger partial charge in [-0.1, -0.05) is 5.16 Å². The van der Waals surface area contributed by atoms with Crippen molar-refractivity contribution in [3.05, 3.63) is 29.8 Å². The quantitative estimate of drug-likeness (QED) is 0.844. The molecule has 0 saturated carbocycles. The maximum absolute atomic E-state index is 5.89. The van der Waals surface area contributed by atoms with Crippen LogP contribution in [0, 0.1) is 13.8 Å². The minimum Gasteiger partial charge on any atom is -0.473 e. The van der Waals surface area contributed by atoms with Gasteiger partial charge in [0.15, 0.2) is 5.82 Å². The Bertz CT molecular complexity index is 593. The molecule has 7 nitrogen and oxygen atoms in total. The molecule has 1 fully saturated rings. The monoisotopic (exact) mass is 289 g/mol. The minimum absolute atomic E-state index is 0.198. The standard InChI is InChI=1S/C14H19N5O2/c1-10-7-15-8-14(16-10)20-12-3-5-19(6-4-12)9-13-17-11(2)21-18-13/h7-8,12H,3-6,9H2,1-2H3.